The lowest BCUT2D eigenvalue weighted by Crippen LogP contribution is -2.37. The molecule has 1 aromatic heterocycles. The number of nitrogens with zero attached hydrogens (tertiary/aromatic N) is 4. The second-order valence-corrected chi connectivity index (χ2v) is 6.06. The fourth-order valence-electron chi connectivity index (χ4n) is 1.88. The Hall–Kier alpha value is -1.01. The first-order valence-electron chi connectivity index (χ1n) is 6.29. The SMILES string of the molecule is CSc1nc(N)nc(SCCN2CCOCC2)c1C#N. The van der Waals surface area contributed by atoms with Crippen LogP contribution in [0.25, 0.3) is 0 Å². The van der Waals surface area contributed by atoms with Crippen LogP contribution in [-0.2, 0) is 4.74 Å². The van der Waals surface area contributed by atoms with Gasteiger partial charge in [0.1, 0.15) is 21.7 Å². The highest BCUT2D eigenvalue weighted by molar-refractivity contribution is 7.99. The zero-order valence-electron chi connectivity index (χ0n) is 11.3. The van der Waals surface area contributed by atoms with E-state index in [0.717, 1.165) is 38.6 Å². The van der Waals surface area contributed by atoms with Gasteiger partial charge in [0, 0.05) is 25.4 Å². The van der Waals surface area contributed by atoms with Gasteiger partial charge in [0.15, 0.2) is 0 Å². The number of anilines is 1. The molecular formula is C12H17N5OS2. The lowest BCUT2D eigenvalue weighted by atomic mass is 10.4. The molecule has 1 aliphatic rings. The van der Waals surface area contributed by atoms with Crippen LogP contribution in [0.3, 0.4) is 0 Å². The van der Waals surface area contributed by atoms with E-state index in [0.29, 0.717) is 15.6 Å². The molecule has 0 saturated carbocycles. The third-order valence-corrected chi connectivity index (χ3v) is 4.55. The number of aromatic nitrogens is 2. The molecule has 2 N–H and O–H groups in total. The maximum absolute atomic E-state index is 9.24. The summed E-state index contributed by atoms with van der Waals surface area (Å²) in [7, 11) is 0. The Balaban J connectivity index is 1.98. The minimum absolute atomic E-state index is 0.224. The lowest BCUT2D eigenvalue weighted by Gasteiger charge is -2.26. The molecular weight excluding hydrogens is 294 g/mol. The fraction of sp³-hybridized carbons (Fsp3) is 0.583. The van der Waals surface area contributed by atoms with E-state index in [9.17, 15) is 5.26 Å². The van der Waals surface area contributed by atoms with Crippen molar-refractivity contribution < 1.29 is 4.74 Å². The van der Waals surface area contributed by atoms with E-state index in [2.05, 4.69) is 20.9 Å². The molecule has 20 heavy (non-hydrogen) atoms. The maximum Gasteiger partial charge on any atom is 0.222 e. The van der Waals surface area contributed by atoms with Crippen LogP contribution in [0.5, 0.6) is 0 Å². The summed E-state index contributed by atoms with van der Waals surface area (Å²) < 4.78 is 5.32. The van der Waals surface area contributed by atoms with Crippen molar-refractivity contribution in [2.24, 2.45) is 0 Å². The highest BCUT2D eigenvalue weighted by atomic mass is 32.2. The first-order valence-corrected chi connectivity index (χ1v) is 8.50. The molecule has 1 fully saturated rings. The number of rotatable bonds is 5. The molecule has 108 valence electrons. The number of thioether (sulfide) groups is 2. The standard InChI is InChI=1S/C12H17N5OS2/c1-19-10-9(8-13)11(16-12(14)15-10)20-7-4-17-2-5-18-6-3-17/h2-7H2,1H3,(H2,14,15,16). The van der Waals surface area contributed by atoms with Gasteiger partial charge < -0.3 is 10.5 Å². The van der Waals surface area contributed by atoms with Gasteiger partial charge in [-0.25, -0.2) is 9.97 Å². The van der Waals surface area contributed by atoms with E-state index >= 15 is 0 Å². The summed E-state index contributed by atoms with van der Waals surface area (Å²) in [6, 6.07) is 2.17. The predicted octanol–water partition coefficient (Wildman–Crippen LogP) is 1.08. The average molecular weight is 311 g/mol. The van der Waals surface area contributed by atoms with Crippen molar-refractivity contribution in [2.45, 2.75) is 10.1 Å². The Bertz CT molecular complexity index is 499. The first kappa shape index (κ1) is 15.4. The topological polar surface area (TPSA) is 88.1 Å². The summed E-state index contributed by atoms with van der Waals surface area (Å²) in [5, 5.41) is 10.6. The van der Waals surface area contributed by atoms with Crippen molar-refractivity contribution in [3.05, 3.63) is 5.56 Å². The van der Waals surface area contributed by atoms with Crippen molar-refractivity contribution in [3.8, 4) is 6.07 Å². The molecule has 0 aliphatic carbocycles. The summed E-state index contributed by atoms with van der Waals surface area (Å²) in [5.41, 5.74) is 6.21. The molecule has 1 saturated heterocycles. The summed E-state index contributed by atoms with van der Waals surface area (Å²) in [6.07, 6.45) is 1.88. The Morgan fingerprint density at radius 2 is 2.05 bits per heavy atom. The van der Waals surface area contributed by atoms with Gasteiger partial charge in [0.25, 0.3) is 0 Å². The summed E-state index contributed by atoms with van der Waals surface area (Å²) in [5.74, 6) is 1.10. The molecule has 8 heteroatoms. The molecule has 0 amide bonds. The maximum atomic E-state index is 9.24. The average Bonchev–Trinajstić information content (AvgIpc) is 2.47. The summed E-state index contributed by atoms with van der Waals surface area (Å²) >= 11 is 2.98. The van der Waals surface area contributed by atoms with Gasteiger partial charge in [-0.15, -0.1) is 23.5 Å². The molecule has 6 nitrogen and oxygen atoms in total. The predicted molar refractivity (Wildman–Crippen MR) is 80.9 cm³/mol. The molecule has 0 bridgehead atoms. The van der Waals surface area contributed by atoms with E-state index in [1.54, 1.807) is 11.8 Å². The largest absolute Gasteiger partial charge is 0.379 e. The van der Waals surface area contributed by atoms with Gasteiger partial charge in [-0.05, 0) is 6.26 Å². The molecule has 1 aliphatic heterocycles. The zero-order valence-corrected chi connectivity index (χ0v) is 13.0. The number of nitrogen functional groups attached to an aromatic ring is 1. The molecule has 2 rings (SSSR count). The van der Waals surface area contributed by atoms with Crippen LogP contribution in [0.15, 0.2) is 10.1 Å². The second-order valence-electron chi connectivity index (χ2n) is 4.19. The van der Waals surface area contributed by atoms with E-state index in [4.69, 9.17) is 10.5 Å². The number of hydrogen-bond donors (Lipinski definition) is 1. The Labute approximate surface area is 127 Å². The van der Waals surface area contributed by atoms with Gasteiger partial charge in [0.2, 0.25) is 5.95 Å². The van der Waals surface area contributed by atoms with Crippen LogP contribution < -0.4 is 5.73 Å². The van der Waals surface area contributed by atoms with Crippen LogP contribution in [0.2, 0.25) is 0 Å². The molecule has 1 aromatic rings. The Kier molecular flexibility index (Phi) is 5.91. The van der Waals surface area contributed by atoms with E-state index in [1.165, 1.54) is 11.8 Å². The Morgan fingerprint density at radius 3 is 2.70 bits per heavy atom. The van der Waals surface area contributed by atoms with Gasteiger partial charge >= 0.3 is 0 Å². The van der Waals surface area contributed by atoms with Crippen molar-refractivity contribution in [3.63, 3.8) is 0 Å². The second kappa shape index (κ2) is 7.69. The van der Waals surface area contributed by atoms with Gasteiger partial charge in [-0.3, -0.25) is 4.90 Å². The Morgan fingerprint density at radius 1 is 1.35 bits per heavy atom. The molecule has 0 radical (unpaired) electrons. The van der Waals surface area contributed by atoms with Crippen LogP contribution in [0, 0.1) is 11.3 Å². The van der Waals surface area contributed by atoms with Gasteiger partial charge in [0.05, 0.1) is 13.2 Å². The minimum Gasteiger partial charge on any atom is -0.379 e. The number of hydrogen-bond acceptors (Lipinski definition) is 8. The minimum atomic E-state index is 0.224. The number of nitrogens with two attached hydrogens (primary N) is 1. The smallest absolute Gasteiger partial charge is 0.222 e. The lowest BCUT2D eigenvalue weighted by molar-refractivity contribution is 0.0410. The van der Waals surface area contributed by atoms with E-state index < -0.39 is 0 Å². The van der Waals surface area contributed by atoms with E-state index in [-0.39, 0.29) is 5.95 Å². The van der Waals surface area contributed by atoms with E-state index in [1.807, 2.05) is 6.26 Å². The molecule has 2 heterocycles. The number of morpholine rings is 1. The zero-order chi connectivity index (χ0) is 14.4. The fourth-order valence-corrected chi connectivity index (χ4v) is 3.46. The third-order valence-electron chi connectivity index (χ3n) is 2.92. The quantitative estimate of drug-likeness (QED) is 0.638. The normalized spacial score (nSPS) is 16.0. The third kappa shape index (κ3) is 3.99. The number of nitriles is 1. The molecule has 0 aromatic carbocycles. The molecule has 0 atom stereocenters. The van der Waals surface area contributed by atoms with Gasteiger partial charge in [-0.1, -0.05) is 0 Å². The van der Waals surface area contributed by atoms with Crippen LogP contribution in [0.1, 0.15) is 5.56 Å². The van der Waals surface area contributed by atoms with Crippen molar-refractivity contribution in [1.29, 1.82) is 5.26 Å². The monoisotopic (exact) mass is 311 g/mol. The highest BCUT2D eigenvalue weighted by Crippen LogP contribution is 2.27. The molecule has 0 unspecified atom stereocenters. The van der Waals surface area contributed by atoms with Crippen molar-refractivity contribution in [2.75, 3.05) is 50.6 Å². The van der Waals surface area contributed by atoms with Crippen molar-refractivity contribution >= 4 is 29.5 Å². The van der Waals surface area contributed by atoms with Crippen molar-refractivity contribution in [1.82, 2.24) is 14.9 Å². The number of ether oxygens (including phenoxy) is 1. The first-order chi connectivity index (χ1) is 9.74. The van der Waals surface area contributed by atoms with Crippen LogP contribution >= 0.6 is 23.5 Å². The summed E-state index contributed by atoms with van der Waals surface area (Å²) in [6.45, 7) is 4.48. The van der Waals surface area contributed by atoms with Crippen LogP contribution in [-0.4, -0.2) is 59.7 Å². The van der Waals surface area contributed by atoms with Crippen LogP contribution in [0.4, 0.5) is 5.95 Å². The highest BCUT2D eigenvalue weighted by Gasteiger charge is 2.15. The molecule has 0 spiro atoms. The van der Waals surface area contributed by atoms with Gasteiger partial charge in [-0.2, -0.15) is 5.26 Å². The summed E-state index contributed by atoms with van der Waals surface area (Å²) in [4.78, 5) is 10.6.